The molecule has 86 valence electrons. The van der Waals surface area contributed by atoms with E-state index in [1.54, 1.807) is 18.2 Å². The molecule has 1 amide bonds. The van der Waals surface area contributed by atoms with E-state index in [0.29, 0.717) is 11.6 Å². The van der Waals surface area contributed by atoms with E-state index in [1.165, 1.54) is 6.92 Å². The Hall–Kier alpha value is -1.84. The van der Waals surface area contributed by atoms with Crippen molar-refractivity contribution in [3.05, 3.63) is 40.1 Å². The number of hydrogen-bond donors (Lipinski definition) is 2. The maximum Gasteiger partial charge on any atom is 0.235 e. The third-order valence-electron chi connectivity index (χ3n) is 2.15. The number of nitrogens with one attached hydrogen (secondary N) is 2. The number of rotatable bonds is 3. The van der Waals surface area contributed by atoms with Gasteiger partial charge in [-0.05, 0) is 23.6 Å². The lowest BCUT2D eigenvalue weighted by atomic mass is 10.1. The van der Waals surface area contributed by atoms with Crippen molar-refractivity contribution >= 4 is 11.6 Å². The van der Waals surface area contributed by atoms with Crippen molar-refractivity contribution in [1.29, 1.82) is 0 Å². The van der Waals surface area contributed by atoms with Crippen LogP contribution in [0.5, 0.6) is 0 Å². The molecule has 1 rings (SSSR count). The van der Waals surface area contributed by atoms with Crippen LogP contribution in [0.25, 0.3) is 0 Å². The Kier molecular flexibility index (Phi) is 4.05. The first-order valence-electron chi connectivity index (χ1n) is 5.17. The average molecular weight is 220 g/mol. The smallest absolute Gasteiger partial charge is 0.235 e. The standard InChI is InChI=1S/C12H16N2O2/c1-8(2)10-5-4-6-11(12(16)7-10)14-13-9(3)15/h4-8H,1-3H3,(H,13,15)(H,14,16). The molecule has 0 saturated heterocycles. The van der Waals surface area contributed by atoms with Crippen molar-refractivity contribution in [2.45, 2.75) is 26.7 Å². The van der Waals surface area contributed by atoms with E-state index < -0.39 is 0 Å². The van der Waals surface area contributed by atoms with Crippen LogP contribution < -0.4 is 16.3 Å². The highest BCUT2D eigenvalue weighted by molar-refractivity contribution is 5.74. The molecule has 16 heavy (non-hydrogen) atoms. The summed E-state index contributed by atoms with van der Waals surface area (Å²) in [4.78, 5) is 22.4. The second-order valence-corrected chi connectivity index (χ2v) is 3.91. The van der Waals surface area contributed by atoms with E-state index in [2.05, 4.69) is 10.9 Å². The lowest BCUT2D eigenvalue weighted by Crippen LogP contribution is -2.28. The van der Waals surface area contributed by atoms with E-state index in [4.69, 9.17) is 0 Å². The molecule has 0 aliphatic carbocycles. The molecule has 2 N–H and O–H groups in total. The van der Waals surface area contributed by atoms with Crippen LogP contribution >= 0.6 is 0 Å². The van der Waals surface area contributed by atoms with Crippen LogP contribution in [-0.4, -0.2) is 5.91 Å². The van der Waals surface area contributed by atoms with Gasteiger partial charge in [0, 0.05) is 6.92 Å². The van der Waals surface area contributed by atoms with E-state index in [1.807, 2.05) is 19.9 Å². The van der Waals surface area contributed by atoms with Crippen LogP contribution in [0.2, 0.25) is 0 Å². The predicted octanol–water partition coefficient (Wildman–Crippen LogP) is 1.63. The first-order valence-corrected chi connectivity index (χ1v) is 5.17. The Morgan fingerprint density at radius 3 is 2.56 bits per heavy atom. The monoisotopic (exact) mass is 220 g/mol. The quantitative estimate of drug-likeness (QED) is 0.761. The Labute approximate surface area is 94.7 Å². The fourth-order valence-corrected chi connectivity index (χ4v) is 1.23. The van der Waals surface area contributed by atoms with Crippen molar-refractivity contribution in [1.82, 2.24) is 5.43 Å². The Morgan fingerprint density at radius 1 is 1.31 bits per heavy atom. The number of anilines is 1. The molecule has 4 nitrogen and oxygen atoms in total. The molecule has 0 aromatic heterocycles. The van der Waals surface area contributed by atoms with Crippen LogP contribution in [0.3, 0.4) is 0 Å². The van der Waals surface area contributed by atoms with E-state index in [0.717, 1.165) is 5.56 Å². The fraction of sp³-hybridized carbons (Fsp3) is 0.333. The van der Waals surface area contributed by atoms with Crippen LogP contribution in [0, 0.1) is 0 Å². The van der Waals surface area contributed by atoms with Gasteiger partial charge < -0.3 is 0 Å². The van der Waals surface area contributed by atoms with Crippen molar-refractivity contribution in [3.63, 3.8) is 0 Å². The molecule has 0 aliphatic heterocycles. The van der Waals surface area contributed by atoms with Gasteiger partial charge >= 0.3 is 0 Å². The summed E-state index contributed by atoms with van der Waals surface area (Å²) in [6.45, 7) is 5.42. The summed E-state index contributed by atoms with van der Waals surface area (Å²) >= 11 is 0. The molecule has 0 radical (unpaired) electrons. The van der Waals surface area contributed by atoms with Gasteiger partial charge in [0.1, 0.15) is 5.69 Å². The van der Waals surface area contributed by atoms with E-state index in [9.17, 15) is 9.59 Å². The summed E-state index contributed by atoms with van der Waals surface area (Å²) in [5.74, 6) is 0.0590. The van der Waals surface area contributed by atoms with E-state index in [-0.39, 0.29) is 11.3 Å². The van der Waals surface area contributed by atoms with Gasteiger partial charge in [0.2, 0.25) is 11.3 Å². The normalized spacial score (nSPS) is 10.0. The first kappa shape index (κ1) is 12.2. The van der Waals surface area contributed by atoms with Crippen molar-refractivity contribution in [3.8, 4) is 0 Å². The van der Waals surface area contributed by atoms with Crippen LogP contribution in [0.15, 0.2) is 29.1 Å². The third-order valence-corrected chi connectivity index (χ3v) is 2.15. The molecule has 0 fully saturated rings. The van der Waals surface area contributed by atoms with Gasteiger partial charge in [0.25, 0.3) is 0 Å². The molecule has 0 saturated carbocycles. The van der Waals surface area contributed by atoms with Crippen LogP contribution in [0.1, 0.15) is 32.3 Å². The molecule has 0 atom stereocenters. The number of carbonyl (C=O) groups excluding carboxylic acids is 1. The summed E-state index contributed by atoms with van der Waals surface area (Å²) < 4.78 is 0. The largest absolute Gasteiger partial charge is 0.295 e. The summed E-state index contributed by atoms with van der Waals surface area (Å²) in [6, 6.07) is 6.91. The number of hydrogen-bond acceptors (Lipinski definition) is 3. The summed E-state index contributed by atoms with van der Waals surface area (Å²) in [5, 5.41) is 0. The molecule has 0 bridgehead atoms. The van der Waals surface area contributed by atoms with E-state index >= 15 is 0 Å². The molecule has 1 aromatic carbocycles. The molecule has 1 aromatic rings. The zero-order valence-corrected chi connectivity index (χ0v) is 9.70. The maximum absolute atomic E-state index is 11.7. The minimum absolute atomic E-state index is 0.137. The minimum atomic E-state index is -0.241. The zero-order chi connectivity index (χ0) is 12.1. The Bertz CT molecular complexity index is 441. The second-order valence-electron chi connectivity index (χ2n) is 3.91. The van der Waals surface area contributed by atoms with Crippen molar-refractivity contribution in [2.24, 2.45) is 0 Å². The van der Waals surface area contributed by atoms with Gasteiger partial charge in [-0.3, -0.25) is 20.4 Å². The first-order chi connectivity index (χ1) is 7.50. The topological polar surface area (TPSA) is 58.2 Å². The Morgan fingerprint density at radius 2 is 2.00 bits per heavy atom. The predicted molar refractivity (Wildman–Crippen MR) is 64.2 cm³/mol. The lowest BCUT2D eigenvalue weighted by molar-refractivity contribution is -0.118. The highest BCUT2D eigenvalue weighted by Gasteiger charge is 2.01. The SMILES string of the molecule is CC(=O)NNc1cccc(C(C)C)cc1=O. The highest BCUT2D eigenvalue weighted by atomic mass is 16.2. The van der Waals surface area contributed by atoms with Crippen LogP contribution in [-0.2, 0) is 4.79 Å². The molecule has 0 spiro atoms. The van der Waals surface area contributed by atoms with Gasteiger partial charge in [0.05, 0.1) is 0 Å². The van der Waals surface area contributed by atoms with Crippen molar-refractivity contribution < 1.29 is 4.79 Å². The van der Waals surface area contributed by atoms with Gasteiger partial charge in [0.15, 0.2) is 0 Å². The zero-order valence-electron chi connectivity index (χ0n) is 9.70. The number of amides is 1. The third kappa shape index (κ3) is 3.38. The number of carbonyl (C=O) groups is 1. The molecule has 0 unspecified atom stereocenters. The molecule has 0 aliphatic rings. The van der Waals surface area contributed by atoms with Crippen molar-refractivity contribution in [2.75, 3.05) is 5.43 Å². The van der Waals surface area contributed by atoms with Gasteiger partial charge in [-0.15, -0.1) is 0 Å². The summed E-state index contributed by atoms with van der Waals surface area (Å²) in [7, 11) is 0. The molecular weight excluding hydrogens is 204 g/mol. The van der Waals surface area contributed by atoms with Crippen LogP contribution in [0.4, 0.5) is 5.69 Å². The fourth-order valence-electron chi connectivity index (χ4n) is 1.23. The Balaban J connectivity index is 3.01. The molecular formula is C12H16N2O2. The molecule has 4 heteroatoms. The lowest BCUT2D eigenvalue weighted by Gasteiger charge is -2.02. The molecule has 0 heterocycles. The van der Waals surface area contributed by atoms with Gasteiger partial charge in [-0.2, -0.15) is 0 Å². The summed E-state index contributed by atoms with van der Waals surface area (Å²) in [6.07, 6.45) is 0. The maximum atomic E-state index is 11.7. The highest BCUT2D eigenvalue weighted by Crippen LogP contribution is 2.11. The minimum Gasteiger partial charge on any atom is -0.295 e. The average Bonchev–Trinajstić information content (AvgIpc) is 2.37. The number of hydrazine groups is 1. The van der Waals surface area contributed by atoms with Gasteiger partial charge in [-0.1, -0.05) is 26.0 Å². The second kappa shape index (κ2) is 5.30. The van der Waals surface area contributed by atoms with Gasteiger partial charge in [-0.25, -0.2) is 0 Å². The summed E-state index contributed by atoms with van der Waals surface area (Å²) in [5.41, 5.74) is 6.16.